The molecule has 1 heterocycles. The molecule has 1 aromatic carbocycles. The van der Waals surface area contributed by atoms with Crippen LogP contribution < -0.4 is 5.73 Å². The molecule has 0 aliphatic carbocycles. The van der Waals surface area contributed by atoms with Gasteiger partial charge in [0.15, 0.2) is 20.7 Å². The maximum atomic E-state index is 13.2. The van der Waals surface area contributed by atoms with Gasteiger partial charge in [-0.3, -0.25) is 9.79 Å². The summed E-state index contributed by atoms with van der Waals surface area (Å²) < 4.78 is 71.7. The van der Waals surface area contributed by atoms with Crippen molar-refractivity contribution in [3.63, 3.8) is 0 Å². The Labute approximate surface area is 206 Å². The number of alkyl halides is 3. The molecule has 2 N–H and O–H groups in total. The summed E-state index contributed by atoms with van der Waals surface area (Å²) in [6.07, 6.45) is -3.83. The summed E-state index contributed by atoms with van der Waals surface area (Å²) in [5, 5.41) is -0.0695. The fraction of sp³-hybridized carbons (Fsp3) is 0.368. The molecule has 0 radical (unpaired) electrons. The Morgan fingerprint density at radius 1 is 1.32 bits per heavy atom. The SMILES string of the molecule is CN(C)CCOC(=O)CN=C(/C(Br)=C(\N)C(F)(F)F)c1nc(-c2cccc(S(C)(=O)=O)c2)ns1. The Kier molecular flexibility index (Phi) is 9.33. The van der Waals surface area contributed by atoms with E-state index in [2.05, 4.69) is 30.3 Å². The Bertz CT molecular complexity index is 1210. The average Bonchev–Trinajstić information content (AvgIpc) is 3.21. The molecule has 0 amide bonds. The molecule has 186 valence electrons. The van der Waals surface area contributed by atoms with E-state index in [4.69, 9.17) is 10.5 Å². The first-order valence-corrected chi connectivity index (χ1v) is 12.9. The fourth-order valence-electron chi connectivity index (χ4n) is 2.32. The summed E-state index contributed by atoms with van der Waals surface area (Å²) in [5.41, 5.74) is 3.75. The van der Waals surface area contributed by atoms with Crippen LogP contribution in [-0.4, -0.2) is 80.6 Å². The van der Waals surface area contributed by atoms with Gasteiger partial charge >= 0.3 is 12.1 Å². The minimum atomic E-state index is -4.87. The highest BCUT2D eigenvalue weighted by Gasteiger charge is 2.35. The number of likely N-dealkylation sites (N-methyl/N-ethyl adjacent to an activating group) is 1. The lowest BCUT2D eigenvalue weighted by molar-refractivity contribution is -0.142. The first-order chi connectivity index (χ1) is 15.7. The van der Waals surface area contributed by atoms with Crippen molar-refractivity contribution in [1.29, 1.82) is 0 Å². The zero-order chi connectivity index (χ0) is 25.7. The van der Waals surface area contributed by atoms with E-state index in [0.29, 0.717) is 23.6 Å². The second-order valence-corrected chi connectivity index (χ2v) is 10.7. The maximum absolute atomic E-state index is 13.2. The molecule has 34 heavy (non-hydrogen) atoms. The van der Waals surface area contributed by atoms with Crippen LogP contribution in [0.5, 0.6) is 0 Å². The number of nitrogens with zero attached hydrogens (tertiary/aromatic N) is 4. The number of esters is 1. The van der Waals surface area contributed by atoms with Crippen LogP contribution in [0.25, 0.3) is 11.4 Å². The van der Waals surface area contributed by atoms with E-state index < -0.39 is 38.7 Å². The van der Waals surface area contributed by atoms with Crippen LogP contribution in [0, 0.1) is 0 Å². The minimum Gasteiger partial charge on any atom is -0.463 e. The highest BCUT2D eigenvalue weighted by molar-refractivity contribution is 9.12. The third-order valence-electron chi connectivity index (χ3n) is 4.07. The third kappa shape index (κ3) is 7.85. The predicted octanol–water partition coefficient (Wildman–Crippen LogP) is 2.63. The quantitative estimate of drug-likeness (QED) is 0.352. The number of hydrogen-bond donors (Lipinski definition) is 1. The van der Waals surface area contributed by atoms with Crippen LogP contribution in [-0.2, 0) is 19.4 Å². The molecular formula is C19H21BrF3N5O4S2. The molecule has 0 aliphatic rings. The lowest BCUT2D eigenvalue weighted by Gasteiger charge is -2.11. The fourth-order valence-corrected chi connectivity index (χ4v) is 4.35. The van der Waals surface area contributed by atoms with Crippen molar-refractivity contribution in [2.75, 3.05) is 40.0 Å². The molecule has 0 fully saturated rings. The Balaban J connectivity index is 2.43. The van der Waals surface area contributed by atoms with Gasteiger partial charge < -0.3 is 15.4 Å². The number of carbonyl (C=O) groups excluding carboxylic acids is 1. The van der Waals surface area contributed by atoms with Gasteiger partial charge in [-0.2, -0.15) is 17.5 Å². The second kappa shape index (κ2) is 11.4. The van der Waals surface area contributed by atoms with Crippen LogP contribution in [0.4, 0.5) is 13.2 Å². The topological polar surface area (TPSA) is 128 Å². The summed E-state index contributed by atoms with van der Waals surface area (Å²) in [6.45, 7) is -0.0429. The Morgan fingerprint density at radius 3 is 2.59 bits per heavy atom. The van der Waals surface area contributed by atoms with E-state index in [1.165, 1.54) is 18.2 Å². The molecule has 0 aliphatic heterocycles. The molecule has 15 heteroatoms. The van der Waals surface area contributed by atoms with Gasteiger partial charge in [0.25, 0.3) is 0 Å². The molecule has 0 saturated carbocycles. The van der Waals surface area contributed by atoms with Gasteiger partial charge in [0.05, 0.1) is 9.38 Å². The molecule has 0 unspecified atom stereocenters. The van der Waals surface area contributed by atoms with E-state index in [0.717, 1.165) is 6.26 Å². The first kappa shape index (κ1) is 27.9. The standard InChI is InChI=1S/C19H21BrF3N5O4S2/c1-28(2)7-8-32-13(29)10-25-15(14(20)16(24)19(21,22)23)18-26-17(27-33-18)11-5-4-6-12(9-11)34(3,30)31/h4-6,9H,7-8,10,24H2,1-3H3/b16-14+,25-15?. The van der Waals surface area contributed by atoms with Crippen molar-refractivity contribution in [2.45, 2.75) is 11.1 Å². The smallest absolute Gasteiger partial charge is 0.431 e. The van der Waals surface area contributed by atoms with Crippen molar-refractivity contribution >= 4 is 49.0 Å². The number of aliphatic imine (C=N–C) groups is 1. The molecule has 0 saturated heterocycles. The Hall–Kier alpha value is -2.36. The number of nitrogens with two attached hydrogens (primary N) is 1. The highest BCUT2D eigenvalue weighted by atomic mass is 79.9. The summed E-state index contributed by atoms with van der Waals surface area (Å²) in [4.78, 5) is 21.9. The van der Waals surface area contributed by atoms with Gasteiger partial charge in [-0.25, -0.2) is 13.4 Å². The lowest BCUT2D eigenvalue weighted by Crippen LogP contribution is -2.24. The predicted molar refractivity (Wildman–Crippen MR) is 126 cm³/mol. The van der Waals surface area contributed by atoms with Gasteiger partial charge in [-0.15, -0.1) is 0 Å². The number of aromatic nitrogens is 2. The summed E-state index contributed by atoms with van der Waals surface area (Å²) in [6, 6.07) is 5.77. The molecule has 0 atom stereocenters. The van der Waals surface area contributed by atoms with E-state index in [1.807, 2.05) is 0 Å². The van der Waals surface area contributed by atoms with E-state index in [1.54, 1.807) is 25.1 Å². The van der Waals surface area contributed by atoms with Crippen LogP contribution in [0.15, 0.2) is 44.3 Å². The summed E-state index contributed by atoms with van der Waals surface area (Å²) in [7, 11) is 0.0626. The summed E-state index contributed by atoms with van der Waals surface area (Å²) in [5.74, 6) is -0.687. The molecule has 0 bridgehead atoms. The van der Waals surface area contributed by atoms with Crippen molar-refractivity contribution in [1.82, 2.24) is 14.3 Å². The van der Waals surface area contributed by atoms with Gasteiger partial charge in [-0.1, -0.05) is 12.1 Å². The number of hydrogen-bond acceptors (Lipinski definition) is 10. The van der Waals surface area contributed by atoms with Crippen LogP contribution in [0.1, 0.15) is 5.01 Å². The maximum Gasteiger partial charge on any atom is 0.431 e. The zero-order valence-electron chi connectivity index (χ0n) is 18.3. The number of benzene rings is 1. The lowest BCUT2D eigenvalue weighted by atomic mass is 10.2. The molecule has 2 rings (SSSR count). The molecule has 9 nitrogen and oxygen atoms in total. The molecule has 0 spiro atoms. The van der Waals surface area contributed by atoms with E-state index in [9.17, 15) is 26.4 Å². The third-order valence-corrected chi connectivity index (χ3v) is 6.70. The van der Waals surface area contributed by atoms with Crippen LogP contribution in [0.3, 0.4) is 0 Å². The Morgan fingerprint density at radius 2 is 2.00 bits per heavy atom. The van der Waals surface area contributed by atoms with Gasteiger partial charge in [0.2, 0.25) is 0 Å². The molecule has 1 aromatic heterocycles. The molecular weight excluding hydrogens is 563 g/mol. The largest absolute Gasteiger partial charge is 0.463 e. The van der Waals surface area contributed by atoms with E-state index >= 15 is 0 Å². The molecule has 2 aromatic rings. The second-order valence-electron chi connectivity index (χ2n) is 7.14. The highest BCUT2D eigenvalue weighted by Crippen LogP contribution is 2.30. The minimum absolute atomic E-state index is 0.0260. The van der Waals surface area contributed by atoms with E-state index in [-0.39, 0.29) is 28.0 Å². The number of halogens is 4. The number of ether oxygens (including phenoxy) is 1. The average molecular weight is 584 g/mol. The number of rotatable bonds is 9. The van der Waals surface area contributed by atoms with Gasteiger partial charge in [0.1, 0.15) is 24.6 Å². The number of allylic oxidation sites excluding steroid dienone is 2. The normalized spacial score (nSPS) is 13.7. The first-order valence-electron chi connectivity index (χ1n) is 9.42. The van der Waals surface area contributed by atoms with Crippen molar-refractivity contribution in [3.8, 4) is 11.4 Å². The zero-order valence-corrected chi connectivity index (χ0v) is 21.5. The van der Waals surface area contributed by atoms with Crippen molar-refractivity contribution in [3.05, 3.63) is 39.5 Å². The van der Waals surface area contributed by atoms with Gasteiger partial charge in [0, 0.05) is 18.4 Å². The monoisotopic (exact) mass is 583 g/mol. The summed E-state index contributed by atoms with van der Waals surface area (Å²) >= 11 is 3.52. The van der Waals surface area contributed by atoms with Gasteiger partial charge in [-0.05, 0) is 53.7 Å². The van der Waals surface area contributed by atoms with Crippen LogP contribution >= 0.6 is 27.5 Å². The van der Waals surface area contributed by atoms with Crippen LogP contribution in [0.2, 0.25) is 0 Å². The number of carbonyl (C=O) groups is 1. The van der Waals surface area contributed by atoms with Crippen molar-refractivity contribution in [2.24, 2.45) is 10.7 Å². The number of sulfone groups is 1. The van der Waals surface area contributed by atoms with Crippen molar-refractivity contribution < 1.29 is 31.1 Å².